The molecule has 2 fully saturated rings. The highest BCUT2D eigenvalue weighted by Gasteiger charge is 2.37. The molecule has 3 aliphatic heterocycles. The van der Waals surface area contributed by atoms with Crippen molar-refractivity contribution in [2.24, 2.45) is 0 Å². The van der Waals surface area contributed by atoms with Crippen LogP contribution in [-0.2, 0) is 11.2 Å². The van der Waals surface area contributed by atoms with E-state index in [2.05, 4.69) is 9.88 Å². The number of rotatable bonds is 3. The fraction of sp³-hybridized carbons (Fsp3) is 0.440. The topological polar surface area (TPSA) is 45.7 Å². The molecule has 1 aromatic carbocycles. The molecule has 2 aromatic heterocycles. The van der Waals surface area contributed by atoms with Gasteiger partial charge in [-0.25, -0.2) is 0 Å². The number of piperidine rings is 1. The minimum absolute atomic E-state index is 0.110. The Labute approximate surface area is 196 Å². The van der Waals surface area contributed by atoms with E-state index in [1.54, 1.807) is 11.3 Å². The van der Waals surface area contributed by atoms with E-state index >= 15 is 0 Å². The Morgan fingerprint density at radius 3 is 2.72 bits per heavy atom. The summed E-state index contributed by atoms with van der Waals surface area (Å²) < 4.78 is 7.45. The fourth-order valence-electron chi connectivity index (χ4n) is 5.51. The van der Waals surface area contributed by atoms with Gasteiger partial charge in [0.1, 0.15) is 5.75 Å². The average Bonchev–Trinajstić information content (AvgIpc) is 3.58. The Morgan fingerprint density at radius 2 is 1.91 bits per heavy atom. The molecular formula is C25H26ClN3O2S. The second-order valence-electron chi connectivity index (χ2n) is 9.05. The van der Waals surface area contributed by atoms with Gasteiger partial charge in [-0.3, -0.25) is 9.78 Å². The van der Waals surface area contributed by atoms with Crippen molar-refractivity contribution in [2.45, 2.75) is 44.2 Å². The van der Waals surface area contributed by atoms with E-state index in [1.165, 1.54) is 25.9 Å². The summed E-state index contributed by atoms with van der Waals surface area (Å²) in [5.41, 5.74) is 3.99. The van der Waals surface area contributed by atoms with Gasteiger partial charge in [-0.15, -0.1) is 11.3 Å². The van der Waals surface area contributed by atoms with Gasteiger partial charge in [-0.1, -0.05) is 11.6 Å². The number of likely N-dealkylation sites (tertiary alicyclic amines) is 2. The van der Waals surface area contributed by atoms with Crippen LogP contribution >= 0.6 is 22.9 Å². The first-order valence-electron chi connectivity index (χ1n) is 11.5. The summed E-state index contributed by atoms with van der Waals surface area (Å²) in [5.74, 6) is 0.903. The van der Waals surface area contributed by atoms with E-state index in [4.69, 9.17) is 16.3 Å². The van der Waals surface area contributed by atoms with Gasteiger partial charge in [0, 0.05) is 53.5 Å². The van der Waals surface area contributed by atoms with Crippen LogP contribution < -0.4 is 4.74 Å². The lowest BCUT2D eigenvalue weighted by atomic mass is 10.00. The molecule has 32 heavy (non-hydrogen) atoms. The number of nitrogens with zero attached hydrogens (tertiary/aromatic N) is 3. The first-order valence-corrected chi connectivity index (χ1v) is 12.8. The summed E-state index contributed by atoms with van der Waals surface area (Å²) >= 11 is 8.15. The molecule has 2 saturated heterocycles. The first kappa shape index (κ1) is 20.5. The van der Waals surface area contributed by atoms with Gasteiger partial charge in [0.05, 0.1) is 10.2 Å². The molecule has 0 saturated carbocycles. The zero-order valence-corrected chi connectivity index (χ0v) is 19.5. The minimum Gasteiger partial charge on any atom is -0.479 e. The third-order valence-corrected chi connectivity index (χ3v) is 8.29. The van der Waals surface area contributed by atoms with E-state index in [9.17, 15) is 4.79 Å². The number of ether oxygens (including phenoxy) is 1. The number of pyridine rings is 1. The summed E-state index contributed by atoms with van der Waals surface area (Å²) in [6.45, 7) is 4.08. The summed E-state index contributed by atoms with van der Waals surface area (Å²) in [4.78, 5) is 22.4. The van der Waals surface area contributed by atoms with Crippen LogP contribution in [0.4, 0.5) is 0 Å². The lowest BCUT2D eigenvalue weighted by Gasteiger charge is -2.37. The number of benzene rings is 1. The van der Waals surface area contributed by atoms with Crippen molar-refractivity contribution in [1.29, 1.82) is 0 Å². The summed E-state index contributed by atoms with van der Waals surface area (Å²) in [6.07, 6.45) is 6.69. The molecule has 1 atom stereocenters. The SMILES string of the molecule is O=C(C1Cc2cc(Cl)cc(-c3ccnc4ccsc34)c2O1)N1CCC(N2CCCC2)CC1. The number of amides is 1. The lowest BCUT2D eigenvalue weighted by molar-refractivity contribution is -0.139. The van der Waals surface area contributed by atoms with Crippen molar-refractivity contribution >= 4 is 39.1 Å². The van der Waals surface area contributed by atoms with Crippen molar-refractivity contribution in [2.75, 3.05) is 26.2 Å². The largest absolute Gasteiger partial charge is 0.479 e. The molecular weight excluding hydrogens is 442 g/mol. The van der Waals surface area contributed by atoms with Gasteiger partial charge in [0.15, 0.2) is 6.10 Å². The normalized spacial score (nSPS) is 21.8. The van der Waals surface area contributed by atoms with Gasteiger partial charge in [0.2, 0.25) is 0 Å². The summed E-state index contributed by atoms with van der Waals surface area (Å²) in [6, 6.07) is 8.55. The molecule has 0 N–H and O–H groups in total. The van der Waals surface area contributed by atoms with Crippen molar-refractivity contribution < 1.29 is 9.53 Å². The quantitative estimate of drug-likeness (QED) is 0.543. The van der Waals surface area contributed by atoms with Crippen LogP contribution in [0.25, 0.3) is 21.3 Å². The highest BCUT2D eigenvalue weighted by Crippen LogP contribution is 2.44. The molecule has 5 heterocycles. The van der Waals surface area contributed by atoms with Gasteiger partial charge in [0.25, 0.3) is 5.91 Å². The molecule has 3 aromatic rings. The standard InChI is InChI=1S/C25H26ClN3O2S/c26-17-13-16-14-22(25(30)29-10-4-18(5-11-29)28-8-1-2-9-28)31-23(16)20(15-17)19-3-7-27-21-6-12-32-24(19)21/h3,6-7,12-13,15,18,22H,1-2,4-5,8-11,14H2. The van der Waals surface area contributed by atoms with Crippen LogP contribution in [0.5, 0.6) is 5.75 Å². The highest BCUT2D eigenvalue weighted by molar-refractivity contribution is 7.17. The smallest absolute Gasteiger partial charge is 0.263 e. The van der Waals surface area contributed by atoms with Crippen molar-refractivity contribution in [3.8, 4) is 16.9 Å². The summed E-state index contributed by atoms with van der Waals surface area (Å²) in [5, 5.41) is 2.72. The number of hydrogen-bond acceptors (Lipinski definition) is 5. The van der Waals surface area contributed by atoms with E-state index in [1.807, 2.05) is 40.7 Å². The van der Waals surface area contributed by atoms with Crippen LogP contribution in [0.3, 0.4) is 0 Å². The third kappa shape index (κ3) is 3.58. The fourth-order valence-corrected chi connectivity index (χ4v) is 6.63. The number of halogens is 1. The van der Waals surface area contributed by atoms with Crippen LogP contribution in [0.15, 0.2) is 35.8 Å². The predicted octanol–water partition coefficient (Wildman–Crippen LogP) is 5.01. The maximum Gasteiger partial charge on any atom is 0.263 e. The molecule has 1 amide bonds. The third-order valence-electron chi connectivity index (χ3n) is 7.14. The van der Waals surface area contributed by atoms with Gasteiger partial charge < -0.3 is 14.5 Å². The average molecular weight is 468 g/mol. The molecule has 0 radical (unpaired) electrons. The minimum atomic E-state index is -0.466. The van der Waals surface area contributed by atoms with Gasteiger partial charge in [-0.2, -0.15) is 0 Å². The molecule has 5 nitrogen and oxygen atoms in total. The van der Waals surface area contributed by atoms with Gasteiger partial charge >= 0.3 is 0 Å². The van der Waals surface area contributed by atoms with Crippen LogP contribution in [0.1, 0.15) is 31.2 Å². The maximum atomic E-state index is 13.3. The van der Waals surface area contributed by atoms with Gasteiger partial charge in [-0.05, 0) is 68.4 Å². The van der Waals surface area contributed by atoms with Crippen molar-refractivity contribution in [3.05, 3.63) is 46.4 Å². The number of carbonyl (C=O) groups excluding carboxylic acids is 1. The molecule has 7 heteroatoms. The summed E-state index contributed by atoms with van der Waals surface area (Å²) in [7, 11) is 0. The maximum absolute atomic E-state index is 13.3. The molecule has 0 aliphatic carbocycles. The Balaban J connectivity index is 1.22. The van der Waals surface area contributed by atoms with Crippen molar-refractivity contribution in [3.63, 3.8) is 0 Å². The second kappa shape index (κ2) is 8.32. The van der Waals surface area contributed by atoms with E-state index in [0.29, 0.717) is 17.5 Å². The Bertz CT molecular complexity index is 1170. The molecule has 0 bridgehead atoms. The number of thiophene rings is 1. The first-order chi connectivity index (χ1) is 15.7. The monoisotopic (exact) mass is 467 g/mol. The van der Waals surface area contributed by atoms with E-state index in [-0.39, 0.29) is 5.91 Å². The predicted molar refractivity (Wildman–Crippen MR) is 129 cm³/mol. The number of fused-ring (bicyclic) bond motifs is 2. The Hall–Kier alpha value is -2.15. The van der Waals surface area contributed by atoms with Crippen LogP contribution in [-0.4, -0.2) is 59.0 Å². The zero-order chi connectivity index (χ0) is 21.7. The zero-order valence-electron chi connectivity index (χ0n) is 17.9. The number of carbonyl (C=O) groups is 1. The number of hydrogen-bond donors (Lipinski definition) is 0. The molecule has 0 spiro atoms. The molecule has 1 unspecified atom stereocenters. The molecule has 3 aliphatic rings. The Morgan fingerprint density at radius 1 is 1.09 bits per heavy atom. The van der Waals surface area contributed by atoms with Crippen LogP contribution in [0, 0.1) is 0 Å². The number of aromatic nitrogens is 1. The molecule has 6 rings (SSSR count). The second-order valence-corrected chi connectivity index (χ2v) is 10.4. The van der Waals surface area contributed by atoms with E-state index in [0.717, 1.165) is 58.6 Å². The molecule has 166 valence electrons. The highest BCUT2D eigenvalue weighted by atomic mass is 35.5. The Kier molecular flexibility index (Phi) is 5.32. The van der Waals surface area contributed by atoms with Crippen LogP contribution in [0.2, 0.25) is 5.02 Å². The lowest BCUT2D eigenvalue weighted by Crippen LogP contribution is -2.49. The van der Waals surface area contributed by atoms with E-state index < -0.39 is 6.10 Å². The van der Waals surface area contributed by atoms with Crippen molar-refractivity contribution in [1.82, 2.24) is 14.8 Å².